The smallest absolute Gasteiger partial charge is 0.223 e. The van der Waals surface area contributed by atoms with E-state index in [0.717, 1.165) is 38.8 Å². The summed E-state index contributed by atoms with van der Waals surface area (Å²) in [5, 5.41) is 3.14. The molecule has 0 aromatic heterocycles. The second kappa shape index (κ2) is 8.28. The molecular formula is C16H30N2O2. The van der Waals surface area contributed by atoms with Gasteiger partial charge in [-0.15, -0.1) is 0 Å². The van der Waals surface area contributed by atoms with Gasteiger partial charge in [-0.1, -0.05) is 27.7 Å². The van der Waals surface area contributed by atoms with Gasteiger partial charge in [0.15, 0.2) is 0 Å². The van der Waals surface area contributed by atoms with E-state index in [9.17, 15) is 9.59 Å². The van der Waals surface area contributed by atoms with E-state index >= 15 is 0 Å². The molecule has 1 rings (SSSR count). The molecule has 0 atom stereocenters. The van der Waals surface area contributed by atoms with Crippen molar-refractivity contribution in [2.45, 2.75) is 65.8 Å². The van der Waals surface area contributed by atoms with Gasteiger partial charge in [0.2, 0.25) is 11.8 Å². The molecule has 1 aliphatic rings. The summed E-state index contributed by atoms with van der Waals surface area (Å²) >= 11 is 0. The Balaban J connectivity index is 2.35. The number of rotatable bonds is 6. The standard InChI is InChI=1S/C16H30N2O2/c1-5-13(6-2)16(20)17-14-7-9-18(10-8-14)15(19)11-12(3)4/h12-14H,5-11H2,1-4H3,(H,17,20). The minimum absolute atomic E-state index is 0.135. The van der Waals surface area contributed by atoms with E-state index < -0.39 is 0 Å². The van der Waals surface area contributed by atoms with Crippen molar-refractivity contribution in [2.75, 3.05) is 13.1 Å². The minimum atomic E-state index is 0.135. The molecule has 1 N–H and O–H groups in total. The van der Waals surface area contributed by atoms with Crippen LogP contribution in [0.15, 0.2) is 0 Å². The third kappa shape index (κ3) is 5.14. The number of carbonyl (C=O) groups is 2. The highest BCUT2D eigenvalue weighted by Gasteiger charge is 2.25. The van der Waals surface area contributed by atoms with Gasteiger partial charge in [0.05, 0.1) is 0 Å². The number of carbonyl (C=O) groups excluding carboxylic acids is 2. The number of nitrogens with one attached hydrogen (secondary N) is 1. The molecular weight excluding hydrogens is 252 g/mol. The fourth-order valence-corrected chi connectivity index (χ4v) is 2.73. The van der Waals surface area contributed by atoms with Crippen LogP contribution in [0.5, 0.6) is 0 Å². The second-order valence-corrected chi connectivity index (χ2v) is 6.28. The fourth-order valence-electron chi connectivity index (χ4n) is 2.73. The van der Waals surface area contributed by atoms with E-state index in [4.69, 9.17) is 0 Å². The molecule has 1 fully saturated rings. The maximum atomic E-state index is 12.0. The zero-order valence-corrected chi connectivity index (χ0v) is 13.4. The van der Waals surface area contributed by atoms with Crippen LogP contribution in [0.25, 0.3) is 0 Å². The lowest BCUT2D eigenvalue weighted by molar-refractivity contribution is -0.133. The number of amides is 2. The summed E-state index contributed by atoms with van der Waals surface area (Å²) in [5.41, 5.74) is 0. The molecule has 1 aliphatic heterocycles. The first-order valence-electron chi connectivity index (χ1n) is 8.06. The van der Waals surface area contributed by atoms with Crippen molar-refractivity contribution in [2.24, 2.45) is 11.8 Å². The van der Waals surface area contributed by atoms with Crippen LogP contribution in [0.1, 0.15) is 59.8 Å². The molecule has 4 heteroatoms. The van der Waals surface area contributed by atoms with Crippen LogP contribution < -0.4 is 5.32 Å². The van der Waals surface area contributed by atoms with Crippen LogP contribution in [0.4, 0.5) is 0 Å². The predicted molar refractivity (Wildman–Crippen MR) is 81.3 cm³/mol. The molecule has 0 spiro atoms. The summed E-state index contributed by atoms with van der Waals surface area (Å²) in [6, 6.07) is 0.242. The molecule has 0 bridgehead atoms. The Labute approximate surface area is 123 Å². The predicted octanol–water partition coefficient (Wildman–Crippen LogP) is 2.58. The van der Waals surface area contributed by atoms with Crippen molar-refractivity contribution >= 4 is 11.8 Å². The van der Waals surface area contributed by atoms with Gasteiger partial charge in [0.25, 0.3) is 0 Å². The number of hydrogen-bond donors (Lipinski definition) is 1. The van der Waals surface area contributed by atoms with E-state index in [1.54, 1.807) is 0 Å². The van der Waals surface area contributed by atoms with Gasteiger partial charge in [-0.2, -0.15) is 0 Å². The zero-order chi connectivity index (χ0) is 15.1. The Hall–Kier alpha value is -1.06. The van der Waals surface area contributed by atoms with Crippen molar-refractivity contribution < 1.29 is 9.59 Å². The third-order valence-corrected chi connectivity index (χ3v) is 4.13. The van der Waals surface area contributed by atoms with Crippen molar-refractivity contribution in [1.82, 2.24) is 10.2 Å². The molecule has 1 saturated heterocycles. The molecule has 2 amide bonds. The van der Waals surface area contributed by atoms with Gasteiger partial charge in [0.1, 0.15) is 0 Å². The topological polar surface area (TPSA) is 49.4 Å². The van der Waals surface area contributed by atoms with Crippen LogP contribution in [-0.2, 0) is 9.59 Å². The van der Waals surface area contributed by atoms with Gasteiger partial charge in [0, 0.05) is 31.5 Å². The molecule has 0 aliphatic carbocycles. The fraction of sp³-hybridized carbons (Fsp3) is 0.875. The monoisotopic (exact) mass is 282 g/mol. The molecule has 116 valence electrons. The molecule has 0 radical (unpaired) electrons. The summed E-state index contributed by atoms with van der Waals surface area (Å²) in [7, 11) is 0. The largest absolute Gasteiger partial charge is 0.353 e. The van der Waals surface area contributed by atoms with Crippen LogP contribution in [-0.4, -0.2) is 35.8 Å². The lowest BCUT2D eigenvalue weighted by Gasteiger charge is -2.33. The van der Waals surface area contributed by atoms with Crippen molar-refractivity contribution in [3.8, 4) is 0 Å². The van der Waals surface area contributed by atoms with Crippen molar-refractivity contribution in [3.05, 3.63) is 0 Å². The zero-order valence-electron chi connectivity index (χ0n) is 13.4. The van der Waals surface area contributed by atoms with Crippen LogP contribution in [0.3, 0.4) is 0 Å². The first-order chi connectivity index (χ1) is 9.47. The Kier molecular flexibility index (Phi) is 7.03. The Bertz CT molecular complexity index is 316. The molecule has 4 nitrogen and oxygen atoms in total. The summed E-state index contributed by atoms with van der Waals surface area (Å²) in [6.07, 6.45) is 4.19. The van der Waals surface area contributed by atoms with Crippen LogP contribution in [0.2, 0.25) is 0 Å². The van der Waals surface area contributed by atoms with Crippen LogP contribution >= 0.6 is 0 Å². The normalized spacial score (nSPS) is 16.8. The Morgan fingerprint density at radius 3 is 2.15 bits per heavy atom. The summed E-state index contributed by atoms with van der Waals surface area (Å²) in [4.78, 5) is 26.0. The Morgan fingerprint density at radius 1 is 1.15 bits per heavy atom. The highest BCUT2D eigenvalue weighted by molar-refractivity contribution is 5.79. The molecule has 0 unspecified atom stereocenters. The van der Waals surface area contributed by atoms with Crippen molar-refractivity contribution in [3.63, 3.8) is 0 Å². The van der Waals surface area contributed by atoms with Gasteiger partial charge >= 0.3 is 0 Å². The van der Waals surface area contributed by atoms with Gasteiger partial charge in [-0.05, 0) is 31.6 Å². The molecule has 20 heavy (non-hydrogen) atoms. The minimum Gasteiger partial charge on any atom is -0.353 e. The average Bonchev–Trinajstić information content (AvgIpc) is 2.40. The maximum absolute atomic E-state index is 12.0. The summed E-state index contributed by atoms with van der Waals surface area (Å²) in [5.74, 6) is 0.983. The van der Waals surface area contributed by atoms with Gasteiger partial charge in [-0.3, -0.25) is 9.59 Å². The average molecular weight is 282 g/mol. The quantitative estimate of drug-likeness (QED) is 0.814. The SMILES string of the molecule is CCC(CC)C(=O)NC1CCN(C(=O)CC(C)C)CC1. The lowest BCUT2D eigenvalue weighted by Crippen LogP contribution is -2.47. The second-order valence-electron chi connectivity index (χ2n) is 6.28. The molecule has 0 saturated carbocycles. The summed E-state index contributed by atoms with van der Waals surface area (Å²) < 4.78 is 0. The van der Waals surface area contributed by atoms with Crippen molar-refractivity contribution in [1.29, 1.82) is 0 Å². The van der Waals surface area contributed by atoms with E-state index in [2.05, 4.69) is 33.0 Å². The molecule has 0 aromatic rings. The first-order valence-corrected chi connectivity index (χ1v) is 8.06. The number of likely N-dealkylation sites (tertiary alicyclic amines) is 1. The summed E-state index contributed by atoms with van der Waals surface area (Å²) in [6.45, 7) is 9.81. The highest BCUT2D eigenvalue weighted by Crippen LogP contribution is 2.15. The number of hydrogen-bond acceptors (Lipinski definition) is 2. The van der Waals surface area contributed by atoms with E-state index in [1.165, 1.54) is 0 Å². The lowest BCUT2D eigenvalue weighted by atomic mass is 9.99. The van der Waals surface area contributed by atoms with Crippen LogP contribution in [0, 0.1) is 11.8 Å². The van der Waals surface area contributed by atoms with E-state index in [-0.39, 0.29) is 23.8 Å². The molecule has 1 heterocycles. The third-order valence-electron chi connectivity index (χ3n) is 4.13. The molecule has 0 aromatic carbocycles. The first kappa shape index (κ1) is 17.0. The van der Waals surface area contributed by atoms with E-state index in [0.29, 0.717) is 12.3 Å². The van der Waals surface area contributed by atoms with E-state index in [1.807, 2.05) is 4.90 Å². The number of piperidine rings is 1. The van der Waals surface area contributed by atoms with Gasteiger partial charge < -0.3 is 10.2 Å². The van der Waals surface area contributed by atoms with Gasteiger partial charge in [-0.25, -0.2) is 0 Å². The highest BCUT2D eigenvalue weighted by atomic mass is 16.2. The Morgan fingerprint density at radius 2 is 1.70 bits per heavy atom. The maximum Gasteiger partial charge on any atom is 0.223 e. The number of nitrogens with zero attached hydrogens (tertiary/aromatic N) is 1.